The summed E-state index contributed by atoms with van der Waals surface area (Å²) < 4.78 is 0. The molecule has 52 heavy (non-hydrogen) atoms. The summed E-state index contributed by atoms with van der Waals surface area (Å²) in [7, 11) is 4.24. The van der Waals surface area contributed by atoms with Crippen LogP contribution in [0.4, 0.5) is 0 Å². The van der Waals surface area contributed by atoms with Gasteiger partial charge in [-0.1, -0.05) is 77.4 Å². The van der Waals surface area contributed by atoms with Crippen molar-refractivity contribution in [3.05, 3.63) is 76.9 Å². The van der Waals surface area contributed by atoms with Crippen molar-refractivity contribution >= 4 is 21.6 Å². The van der Waals surface area contributed by atoms with E-state index in [1.807, 2.05) is 6.07 Å². The van der Waals surface area contributed by atoms with Gasteiger partial charge in [0.1, 0.15) is 5.75 Å². The first-order valence-corrected chi connectivity index (χ1v) is 23.8. The van der Waals surface area contributed by atoms with E-state index in [2.05, 4.69) is 89.3 Å². The Labute approximate surface area is 322 Å². The van der Waals surface area contributed by atoms with E-state index >= 15 is 0 Å². The highest BCUT2D eigenvalue weighted by Gasteiger charge is 2.63. The first-order valence-electron chi connectivity index (χ1n) is 21.4. The normalized spacial score (nSPS) is 43.6. The van der Waals surface area contributed by atoms with Crippen molar-refractivity contribution in [2.75, 3.05) is 11.5 Å². The van der Waals surface area contributed by atoms with Crippen molar-refractivity contribution in [3.8, 4) is 5.75 Å². The Hall–Kier alpha value is -1.40. The molecule has 0 radical (unpaired) electrons. The summed E-state index contributed by atoms with van der Waals surface area (Å²) in [6.45, 7) is 5.78. The van der Waals surface area contributed by atoms with Gasteiger partial charge >= 0.3 is 0 Å². The monoisotopic (exact) mass is 739 g/mol. The van der Waals surface area contributed by atoms with Crippen molar-refractivity contribution in [3.63, 3.8) is 0 Å². The highest BCUT2D eigenvalue weighted by Crippen LogP contribution is 2.73. The molecular weight excluding hydrogens is 675 g/mol. The molecule has 7 aliphatic rings. The number of benzene rings is 2. The molecular formula is C47H65NO2S2. The number of phenolic OH excluding ortho intramolecular Hbond substituents is 1. The van der Waals surface area contributed by atoms with Crippen molar-refractivity contribution in [2.45, 2.75) is 142 Å². The molecule has 1 aliphatic heterocycles. The number of fused-ring (bicyclic) bond motifs is 8. The van der Waals surface area contributed by atoms with E-state index in [9.17, 15) is 10.2 Å². The van der Waals surface area contributed by atoms with Crippen LogP contribution in [0.2, 0.25) is 0 Å². The molecule has 0 saturated heterocycles. The summed E-state index contributed by atoms with van der Waals surface area (Å²) in [6, 6.07) is 16.0. The van der Waals surface area contributed by atoms with Crippen LogP contribution in [0, 0.1) is 51.2 Å². The fourth-order valence-corrected chi connectivity index (χ4v) is 17.1. The Kier molecular flexibility index (Phi) is 9.95. The second-order valence-corrected chi connectivity index (χ2v) is 22.6. The van der Waals surface area contributed by atoms with E-state index in [0.717, 1.165) is 55.2 Å². The summed E-state index contributed by atoms with van der Waals surface area (Å²) in [4.78, 5) is 0. The molecule has 4 bridgehead atoms. The maximum absolute atomic E-state index is 11.2. The van der Waals surface area contributed by atoms with Crippen LogP contribution in [-0.2, 0) is 19.4 Å². The summed E-state index contributed by atoms with van der Waals surface area (Å²) in [6.07, 6.45) is 27.3. The Balaban J connectivity index is 1.06. The van der Waals surface area contributed by atoms with Crippen LogP contribution in [0.5, 0.6) is 5.75 Å². The van der Waals surface area contributed by atoms with Crippen LogP contribution < -0.4 is 5.32 Å². The van der Waals surface area contributed by atoms with Crippen LogP contribution in [0.25, 0.3) is 0 Å². The lowest BCUT2D eigenvalue weighted by molar-refractivity contribution is -0.0846. The van der Waals surface area contributed by atoms with Gasteiger partial charge in [0.15, 0.2) is 0 Å². The molecule has 3 N–H and O–H groups in total. The fourth-order valence-electron chi connectivity index (χ4n) is 14.3. The predicted octanol–water partition coefficient (Wildman–Crippen LogP) is 11.3. The summed E-state index contributed by atoms with van der Waals surface area (Å²) in [5, 5.41) is 26.2. The zero-order valence-electron chi connectivity index (χ0n) is 32.1. The second kappa shape index (κ2) is 14.3. The third-order valence-electron chi connectivity index (χ3n) is 16.2. The maximum Gasteiger partial charge on any atom is 0.116 e. The Morgan fingerprint density at radius 1 is 0.827 bits per heavy atom. The Bertz CT molecular complexity index is 1640. The molecule has 2 aromatic carbocycles. The van der Waals surface area contributed by atoms with Crippen molar-refractivity contribution in [2.24, 2.45) is 51.2 Å². The fraction of sp³-hybridized carbons (Fsp3) is 0.702. The van der Waals surface area contributed by atoms with Crippen LogP contribution in [-0.4, -0.2) is 33.9 Å². The molecule has 9 rings (SSSR count). The van der Waals surface area contributed by atoms with E-state index in [1.54, 1.807) is 0 Å². The van der Waals surface area contributed by atoms with Gasteiger partial charge in [-0.2, -0.15) is 0 Å². The number of allylic oxidation sites excluding steroid dienone is 2. The van der Waals surface area contributed by atoms with Crippen molar-refractivity contribution < 1.29 is 10.2 Å². The van der Waals surface area contributed by atoms with E-state index in [1.165, 1.54) is 118 Å². The molecule has 5 heteroatoms. The number of aliphatic hydroxyl groups excluding tert-OH is 1. The third-order valence-corrected chi connectivity index (χ3v) is 19.0. The second-order valence-electron chi connectivity index (χ2n) is 20.1. The van der Waals surface area contributed by atoms with Gasteiger partial charge in [-0.15, -0.1) is 0 Å². The molecule has 0 amide bonds. The largest absolute Gasteiger partial charge is 0.508 e. The minimum atomic E-state index is -0.0538. The molecule has 6 aliphatic carbocycles. The van der Waals surface area contributed by atoms with Crippen LogP contribution in [0.3, 0.4) is 0 Å². The molecule has 1 heterocycles. The zero-order valence-corrected chi connectivity index (χ0v) is 33.7. The van der Waals surface area contributed by atoms with Gasteiger partial charge in [0, 0.05) is 24.1 Å². The first kappa shape index (κ1) is 36.3. The molecule has 4 spiro atoms. The lowest BCUT2D eigenvalue weighted by atomic mass is 9.44. The molecule has 0 aromatic heterocycles. The average Bonchev–Trinajstić information content (AvgIpc) is 3.77. The summed E-state index contributed by atoms with van der Waals surface area (Å²) in [5.74, 6) is 6.54. The third kappa shape index (κ3) is 6.98. The van der Waals surface area contributed by atoms with Gasteiger partial charge in [0.05, 0.1) is 6.10 Å². The molecule has 5 saturated carbocycles. The summed E-state index contributed by atoms with van der Waals surface area (Å²) >= 11 is 0. The van der Waals surface area contributed by atoms with E-state index in [-0.39, 0.29) is 11.5 Å². The lowest BCUT2D eigenvalue weighted by Gasteiger charge is -2.61. The number of nitrogens with one attached hydrogen (secondary N) is 1. The molecule has 0 unspecified atom stereocenters. The topological polar surface area (TPSA) is 52.5 Å². The molecule has 5 fully saturated rings. The van der Waals surface area contributed by atoms with Crippen molar-refractivity contribution in [1.29, 1.82) is 0 Å². The van der Waals surface area contributed by atoms with E-state index in [4.69, 9.17) is 0 Å². The number of rotatable bonds is 0. The van der Waals surface area contributed by atoms with Gasteiger partial charge in [-0.05, 0) is 195 Å². The number of phenols is 1. The van der Waals surface area contributed by atoms with Gasteiger partial charge in [-0.3, -0.25) is 0 Å². The standard InChI is InChI=1S/C47H65NO2S2/c1-32-7-5-12-47(24-32)31-45(14-13-44(29-45)15-16-46(30-44)11-6-10-43(46)50)25-41-39-19-35-17-34(21-40(49)22-35)18-37-8-3-4-9-38(37)26-48-33(2)27-51-52-28-36(20-39)23-42(41)47/h3-5,8-9,12,17,21-22,32-33,36,39,41-43,48-50H,6-7,10-11,13-16,18-20,23-31H2,1-2H3/t32-,33-,36+,39+,41+,42+,43-,44-,45-,46-,47+/m1/s1. The summed E-state index contributed by atoms with van der Waals surface area (Å²) in [5.41, 5.74) is 6.81. The quantitative estimate of drug-likeness (QED) is 0.186. The minimum absolute atomic E-state index is 0.0538. The molecule has 3 nitrogen and oxygen atoms in total. The van der Waals surface area contributed by atoms with E-state index < -0.39 is 0 Å². The lowest BCUT2D eigenvalue weighted by Crippen LogP contribution is -2.52. The highest BCUT2D eigenvalue weighted by molar-refractivity contribution is 8.76. The predicted molar refractivity (Wildman–Crippen MR) is 220 cm³/mol. The Morgan fingerprint density at radius 3 is 2.48 bits per heavy atom. The minimum Gasteiger partial charge on any atom is -0.508 e. The van der Waals surface area contributed by atoms with Gasteiger partial charge < -0.3 is 15.5 Å². The van der Waals surface area contributed by atoms with Gasteiger partial charge in [0.25, 0.3) is 0 Å². The van der Waals surface area contributed by atoms with E-state index in [0.29, 0.717) is 34.0 Å². The van der Waals surface area contributed by atoms with Gasteiger partial charge in [-0.25, -0.2) is 0 Å². The average molecular weight is 740 g/mol. The smallest absolute Gasteiger partial charge is 0.116 e. The molecule has 282 valence electrons. The number of aliphatic hydroxyl groups is 1. The zero-order chi connectivity index (χ0) is 35.6. The number of hydrogen-bond acceptors (Lipinski definition) is 5. The maximum atomic E-state index is 11.2. The van der Waals surface area contributed by atoms with Gasteiger partial charge in [0.2, 0.25) is 0 Å². The Morgan fingerprint density at radius 2 is 1.63 bits per heavy atom. The van der Waals surface area contributed by atoms with Crippen LogP contribution >= 0.6 is 21.6 Å². The SMILES string of the molecule is C[C@@H]1CC=C[C@]2(C1)C[C@]1(CC[C@@]3(CC[C@]4(CCC[C@H]4O)C3)C1)C[C@H]1[C@H]3Cc4cc(O)cc(c4)Cc4ccccc4CN[C@H](C)CSSC[C@@H](C3)C[C@@H]12. The number of hydrogen-bond donors (Lipinski definition) is 3. The highest BCUT2D eigenvalue weighted by atomic mass is 33.1. The van der Waals surface area contributed by atoms with Crippen LogP contribution in [0.15, 0.2) is 54.6 Å². The number of aromatic hydroxyl groups is 1. The van der Waals surface area contributed by atoms with Crippen molar-refractivity contribution in [1.82, 2.24) is 5.32 Å². The first-order chi connectivity index (χ1) is 25.1. The van der Waals surface area contributed by atoms with Crippen LogP contribution in [0.1, 0.15) is 132 Å². The molecule has 11 atom stereocenters. The molecule has 2 aromatic rings.